The topological polar surface area (TPSA) is 64.3 Å². The number of aromatic amines is 1. The zero-order chi connectivity index (χ0) is 18.8. The molecule has 4 rings (SSSR count). The first-order valence-corrected chi connectivity index (χ1v) is 9.38. The van der Waals surface area contributed by atoms with Gasteiger partial charge < -0.3 is 10.2 Å². The van der Waals surface area contributed by atoms with E-state index in [9.17, 15) is 4.79 Å². The number of piperazine rings is 1. The standard InChI is InChI=1S/C21H25N5O/c1-15-21(16(2)24-23-15)26-12-10-25(11-13-26)14-20(27)22-19-9-5-7-17-6-3-4-8-18(17)19/h3-9H,10-14H2,1-2H3,(H,22,27)(H,23,24). The van der Waals surface area contributed by atoms with E-state index in [0.29, 0.717) is 6.54 Å². The summed E-state index contributed by atoms with van der Waals surface area (Å²) in [7, 11) is 0. The van der Waals surface area contributed by atoms with E-state index >= 15 is 0 Å². The number of anilines is 2. The maximum atomic E-state index is 12.6. The molecule has 1 aromatic heterocycles. The monoisotopic (exact) mass is 363 g/mol. The summed E-state index contributed by atoms with van der Waals surface area (Å²) in [6.45, 7) is 8.05. The Morgan fingerprint density at radius 1 is 1.07 bits per heavy atom. The fraction of sp³-hybridized carbons (Fsp3) is 0.333. The molecule has 2 aromatic carbocycles. The van der Waals surface area contributed by atoms with E-state index in [0.717, 1.165) is 54.0 Å². The van der Waals surface area contributed by atoms with Gasteiger partial charge in [0.1, 0.15) is 0 Å². The van der Waals surface area contributed by atoms with Crippen LogP contribution in [-0.4, -0.2) is 53.7 Å². The average molecular weight is 363 g/mol. The molecule has 27 heavy (non-hydrogen) atoms. The fourth-order valence-electron chi connectivity index (χ4n) is 3.87. The lowest BCUT2D eigenvalue weighted by molar-refractivity contribution is -0.117. The van der Waals surface area contributed by atoms with Gasteiger partial charge in [0.15, 0.2) is 0 Å². The molecule has 6 nitrogen and oxygen atoms in total. The molecule has 140 valence electrons. The average Bonchev–Trinajstić information content (AvgIpc) is 3.01. The van der Waals surface area contributed by atoms with Gasteiger partial charge in [-0.25, -0.2) is 0 Å². The molecule has 2 N–H and O–H groups in total. The fourth-order valence-corrected chi connectivity index (χ4v) is 3.87. The van der Waals surface area contributed by atoms with E-state index in [1.807, 2.05) is 37.3 Å². The third-order valence-electron chi connectivity index (χ3n) is 5.21. The Labute approximate surface area is 159 Å². The van der Waals surface area contributed by atoms with Gasteiger partial charge in [0, 0.05) is 37.3 Å². The van der Waals surface area contributed by atoms with Crippen molar-refractivity contribution >= 4 is 28.1 Å². The quantitative estimate of drug-likeness (QED) is 0.748. The normalized spacial score (nSPS) is 15.3. The zero-order valence-corrected chi connectivity index (χ0v) is 15.8. The highest BCUT2D eigenvalue weighted by atomic mass is 16.2. The first-order chi connectivity index (χ1) is 13.1. The summed E-state index contributed by atoms with van der Waals surface area (Å²) in [5.74, 6) is 0.0375. The summed E-state index contributed by atoms with van der Waals surface area (Å²) in [5.41, 5.74) is 4.22. The minimum absolute atomic E-state index is 0.0375. The van der Waals surface area contributed by atoms with Crippen molar-refractivity contribution < 1.29 is 4.79 Å². The van der Waals surface area contributed by atoms with Gasteiger partial charge in [-0.1, -0.05) is 36.4 Å². The van der Waals surface area contributed by atoms with Crippen LogP contribution in [0.3, 0.4) is 0 Å². The summed E-state index contributed by atoms with van der Waals surface area (Å²) in [6.07, 6.45) is 0. The molecular formula is C21H25N5O. The van der Waals surface area contributed by atoms with E-state index in [1.54, 1.807) is 0 Å². The van der Waals surface area contributed by atoms with Crippen LogP contribution in [0.25, 0.3) is 10.8 Å². The van der Waals surface area contributed by atoms with Crippen LogP contribution in [0.2, 0.25) is 0 Å². The van der Waals surface area contributed by atoms with Gasteiger partial charge in [-0.05, 0) is 25.3 Å². The van der Waals surface area contributed by atoms with Gasteiger partial charge in [0.05, 0.1) is 23.6 Å². The summed E-state index contributed by atoms with van der Waals surface area (Å²) in [6, 6.07) is 14.1. The van der Waals surface area contributed by atoms with Crippen molar-refractivity contribution in [1.29, 1.82) is 0 Å². The minimum atomic E-state index is 0.0375. The highest BCUT2D eigenvalue weighted by Gasteiger charge is 2.22. The third kappa shape index (κ3) is 3.66. The summed E-state index contributed by atoms with van der Waals surface area (Å²) >= 11 is 0. The number of hydrogen-bond acceptors (Lipinski definition) is 4. The summed E-state index contributed by atoms with van der Waals surface area (Å²) in [5, 5.41) is 12.6. The number of nitrogens with one attached hydrogen (secondary N) is 2. The number of H-pyrrole nitrogens is 1. The van der Waals surface area contributed by atoms with E-state index in [4.69, 9.17) is 0 Å². The molecule has 1 aliphatic heterocycles. The van der Waals surface area contributed by atoms with E-state index in [1.165, 1.54) is 5.69 Å². The molecule has 0 spiro atoms. The molecule has 0 atom stereocenters. The van der Waals surface area contributed by atoms with Crippen molar-refractivity contribution in [2.75, 3.05) is 42.9 Å². The number of aromatic nitrogens is 2. The van der Waals surface area contributed by atoms with Crippen LogP contribution in [0, 0.1) is 13.8 Å². The van der Waals surface area contributed by atoms with Crippen molar-refractivity contribution in [2.45, 2.75) is 13.8 Å². The molecular weight excluding hydrogens is 338 g/mol. The maximum absolute atomic E-state index is 12.6. The van der Waals surface area contributed by atoms with Crippen LogP contribution in [0.4, 0.5) is 11.4 Å². The van der Waals surface area contributed by atoms with Gasteiger partial charge in [0.25, 0.3) is 0 Å². The Balaban J connectivity index is 1.36. The number of carbonyl (C=O) groups excluding carboxylic acids is 1. The van der Waals surface area contributed by atoms with Crippen LogP contribution in [-0.2, 0) is 4.79 Å². The predicted octanol–water partition coefficient (Wildman–Crippen LogP) is 2.94. The first-order valence-electron chi connectivity index (χ1n) is 9.38. The summed E-state index contributed by atoms with van der Waals surface area (Å²) < 4.78 is 0. The Hall–Kier alpha value is -2.86. The number of fused-ring (bicyclic) bond motifs is 1. The van der Waals surface area contributed by atoms with Crippen LogP contribution >= 0.6 is 0 Å². The number of carbonyl (C=O) groups is 1. The Kier molecular flexibility index (Phi) is 4.81. The second kappa shape index (κ2) is 7.40. The highest BCUT2D eigenvalue weighted by Crippen LogP contribution is 2.24. The Bertz CT molecular complexity index is 931. The smallest absolute Gasteiger partial charge is 0.238 e. The molecule has 2 heterocycles. The number of rotatable bonds is 4. The molecule has 0 unspecified atom stereocenters. The number of amides is 1. The molecule has 0 bridgehead atoms. The van der Waals surface area contributed by atoms with Gasteiger partial charge in [-0.15, -0.1) is 0 Å². The van der Waals surface area contributed by atoms with Crippen LogP contribution in [0.5, 0.6) is 0 Å². The van der Waals surface area contributed by atoms with E-state index in [2.05, 4.69) is 44.4 Å². The summed E-state index contributed by atoms with van der Waals surface area (Å²) in [4.78, 5) is 17.1. The van der Waals surface area contributed by atoms with Crippen molar-refractivity contribution in [2.24, 2.45) is 0 Å². The maximum Gasteiger partial charge on any atom is 0.238 e. The first kappa shape index (κ1) is 17.5. The lowest BCUT2D eigenvalue weighted by Crippen LogP contribution is -2.49. The van der Waals surface area contributed by atoms with Crippen LogP contribution in [0.15, 0.2) is 42.5 Å². The molecule has 0 saturated carbocycles. The molecule has 1 fully saturated rings. The van der Waals surface area contributed by atoms with Gasteiger partial charge in [0.2, 0.25) is 5.91 Å². The number of aryl methyl sites for hydroxylation is 2. The van der Waals surface area contributed by atoms with Gasteiger partial charge in [-0.2, -0.15) is 5.10 Å². The molecule has 3 aromatic rings. The highest BCUT2D eigenvalue weighted by molar-refractivity contribution is 6.02. The number of nitrogens with zero attached hydrogens (tertiary/aromatic N) is 3. The van der Waals surface area contributed by atoms with Crippen molar-refractivity contribution in [3.8, 4) is 0 Å². The number of benzene rings is 2. The van der Waals surface area contributed by atoms with Crippen molar-refractivity contribution in [1.82, 2.24) is 15.1 Å². The lowest BCUT2D eigenvalue weighted by atomic mass is 10.1. The Morgan fingerprint density at radius 2 is 1.81 bits per heavy atom. The number of hydrogen-bond donors (Lipinski definition) is 2. The molecule has 6 heteroatoms. The molecule has 0 radical (unpaired) electrons. The molecule has 0 aliphatic carbocycles. The third-order valence-corrected chi connectivity index (χ3v) is 5.21. The minimum Gasteiger partial charge on any atom is -0.366 e. The largest absolute Gasteiger partial charge is 0.366 e. The molecule has 1 aliphatic rings. The van der Waals surface area contributed by atoms with Gasteiger partial charge >= 0.3 is 0 Å². The van der Waals surface area contributed by atoms with Crippen LogP contribution in [0.1, 0.15) is 11.4 Å². The SMILES string of the molecule is Cc1n[nH]c(C)c1N1CCN(CC(=O)Nc2cccc3ccccc23)CC1. The Morgan fingerprint density at radius 3 is 2.56 bits per heavy atom. The second-order valence-corrected chi connectivity index (χ2v) is 7.12. The van der Waals surface area contributed by atoms with Crippen molar-refractivity contribution in [3.05, 3.63) is 53.9 Å². The molecule has 1 saturated heterocycles. The second-order valence-electron chi connectivity index (χ2n) is 7.12. The van der Waals surface area contributed by atoms with E-state index in [-0.39, 0.29) is 5.91 Å². The van der Waals surface area contributed by atoms with Crippen LogP contribution < -0.4 is 10.2 Å². The van der Waals surface area contributed by atoms with Gasteiger partial charge in [-0.3, -0.25) is 14.8 Å². The predicted molar refractivity (Wildman–Crippen MR) is 109 cm³/mol. The lowest BCUT2D eigenvalue weighted by Gasteiger charge is -2.35. The molecule has 1 amide bonds. The van der Waals surface area contributed by atoms with Crippen molar-refractivity contribution in [3.63, 3.8) is 0 Å². The zero-order valence-electron chi connectivity index (χ0n) is 15.8. The van der Waals surface area contributed by atoms with E-state index < -0.39 is 0 Å².